The van der Waals surface area contributed by atoms with Crippen LogP contribution in [0.1, 0.15) is 22.6 Å². The summed E-state index contributed by atoms with van der Waals surface area (Å²) in [6, 6.07) is 15.7. The number of hydrogen-bond acceptors (Lipinski definition) is 6. The highest BCUT2D eigenvalue weighted by atomic mass is 32.1. The van der Waals surface area contributed by atoms with Gasteiger partial charge < -0.3 is 15.0 Å². The van der Waals surface area contributed by atoms with E-state index in [0.29, 0.717) is 11.7 Å². The Morgan fingerprint density at radius 2 is 1.87 bits per heavy atom. The van der Waals surface area contributed by atoms with Gasteiger partial charge in [-0.3, -0.25) is 9.59 Å². The molecule has 1 aliphatic rings. The van der Waals surface area contributed by atoms with Crippen molar-refractivity contribution in [1.82, 2.24) is 10.2 Å². The molecule has 1 aromatic heterocycles. The van der Waals surface area contributed by atoms with Gasteiger partial charge in [0.05, 0.1) is 13.0 Å². The summed E-state index contributed by atoms with van der Waals surface area (Å²) in [7, 11) is 1.65. The van der Waals surface area contributed by atoms with Gasteiger partial charge in [0, 0.05) is 25.1 Å². The Bertz CT molecular complexity index is 1060. The molecule has 0 aliphatic carbocycles. The second-order valence-electron chi connectivity index (χ2n) is 7.58. The molecule has 160 valence electrons. The summed E-state index contributed by atoms with van der Waals surface area (Å²) in [6.07, 6.45) is 1.76. The monoisotopic (exact) mass is 436 g/mol. The quantitative estimate of drug-likeness (QED) is 0.611. The molecule has 1 saturated heterocycles. The van der Waals surface area contributed by atoms with Gasteiger partial charge in [0.2, 0.25) is 16.9 Å². The number of benzene rings is 2. The molecule has 1 unspecified atom stereocenters. The van der Waals surface area contributed by atoms with Gasteiger partial charge in [-0.25, -0.2) is 0 Å². The Morgan fingerprint density at radius 3 is 2.58 bits per heavy atom. The number of aryl methyl sites for hydroxylation is 3. The molecular weight excluding hydrogens is 412 g/mol. The lowest BCUT2D eigenvalue weighted by molar-refractivity contribution is -0.122. The van der Waals surface area contributed by atoms with Gasteiger partial charge in [-0.15, -0.1) is 10.2 Å². The van der Waals surface area contributed by atoms with Crippen LogP contribution in [0, 0.1) is 12.8 Å². The molecule has 8 heteroatoms. The number of rotatable bonds is 7. The van der Waals surface area contributed by atoms with E-state index in [1.165, 1.54) is 16.9 Å². The summed E-state index contributed by atoms with van der Waals surface area (Å²) in [5.41, 5.74) is 3.13. The van der Waals surface area contributed by atoms with Crippen LogP contribution in [0.15, 0.2) is 48.5 Å². The van der Waals surface area contributed by atoms with E-state index in [9.17, 15) is 9.59 Å². The fraction of sp³-hybridized carbons (Fsp3) is 0.304. The van der Waals surface area contributed by atoms with Crippen molar-refractivity contribution in [3.63, 3.8) is 0 Å². The first kappa shape index (κ1) is 21.0. The summed E-state index contributed by atoms with van der Waals surface area (Å²) < 4.78 is 5.17. The molecule has 0 radical (unpaired) electrons. The van der Waals surface area contributed by atoms with Crippen molar-refractivity contribution in [3.8, 4) is 5.75 Å². The molecule has 31 heavy (non-hydrogen) atoms. The van der Waals surface area contributed by atoms with E-state index >= 15 is 0 Å². The number of aromatic nitrogens is 2. The number of nitrogens with zero attached hydrogens (tertiary/aromatic N) is 3. The lowest BCUT2D eigenvalue weighted by Gasteiger charge is -2.16. The van der Waals surface area contributed by atoms with E-state index in [0.717, 1.165) is 34.8 Å². The Hall–Kier alpha value is -3.26. The molecule has 1 aliphatic heterocycles. The molecule has 1 atom stereocenters. The van der Waals surface area contributed by atoms with Gasteiger partial charge in [0.15, 0.2) is 0 Å². The van der Waals surface area contributed by atoms with Crippen molar-refractivity contribution in [2.75, 3.05) is 23.9 Å². The average Bonchev–Trinajstić information content (AvgIpc) is 3.39. The molecule has 4 rings (SSSR count). The molecule has 3 aromatic rings. The summed E-state index contributed by atoms with van der Waals surface area (Å²) in [5.74, 6) is 0.193. The van der Waals surface area contributed by atoms with Crippen molar-refractivity contribution >= 4 is 34.0 Å². The van der Waals surface area contributed by atoms with Crippen LogP contribution in [0.2, 0.25) is 0 Å². The maximum atomic E-state index is 12.7. The zero-order valence-corrected chi connectivity index (χ0v) is 18.3. The van der Waals surface area contributed by atoms with Crippen molar-refractivity contribution in [2.45, 2.75) is 26.2 Å². The standard InChI is InChI=1S/C23H24N4O3S/c1-15-3-8-18(9-4-15)27-14-17(13-21(27)28)22(29)24-23-26-25-20(31-23)12-7-16-5-10-19(30-2)11-6-16/h3-6,8-11,17H,7,12-14H2,1-2H3,(H,24,26,29). The highest BCUT2D eigenvalue weighted by Crippen LogP contribution is 2.27. The number of methoxy groups -OCH3 is 1. The summed E-state index contributed by atoms with van der Waals surface area (Å²) in [4.78, 5) is 26.8. The summed E-state index contributed by atoms with van der Waals surface area (Å²) >= 11 is 1.37. The van der Waals surface area contributed by atoms with E-state index in [1.54, 1.807) is 12.0 Å². The van der Waals surface area contributed by atoms with Crippen molar-refractivity contribution in [2.24, 2.45) is 5.92 Å². The Morgan fingerprint density at radius 1 is 1.13 bits per heavy atom. The zero-order valence-electron chi connectivity index (χ0n) is 17.5. The van der Waals surface area contributed by atoms with Crippen molar-refractivity contribution < 1.29 is 14.3 Å². The number of amides is 2. The second kappa shape index (κ2) is 9.26. The van der Waals surface area contributed by atoms with Crippen LogP contribution in [0.4, 0.5) is 10.8 Å². The smallest absolute Gasteiger partial charge is 0.231 e. The maximum absolute atomic E-state index is 12.7. The first-order valence-electron chi connectivity index (χ1n) is 10.1. The van der Waals surface area contributed by atoms with E-state index in [-0.39, 0.29) is 18.2 Å². The Labute approximate surface area is 185 Å². The van der Waals surface area contributed by atoms with Crippen LogP contribution in [-0.2, 0) is 22.4 Å². The molecule has 1 N–H and O–H groups in total. The number of nitrogens with one attached hydrogen (secondary N) is 1. The van der Waals surface area contributed by atoms with Crippen LogP contribution in [-0.4, -0.2) is 35.7 Å². The topological polar surface area (TPSA) is 84.4 Å². The highest BCUT2D eigenvalue weighted by molar-refractivity contribution is 7.15. The third-order valence-electron chi connectivity index (χ3n) is 5.33. The first-order chi connectivity index (χ1) is 15.0. The molecular formula is C23H24N4O3S. The third kappa shape index (κ3) is 5.08. The average molecular weight is 437 g/mol. The lowest BCUT2D eigenvalue weighted by atomic mass is 10.1. The maximum Gasteiger partial charge on any atom is 0.231 e. The van der Waals surface area contributed by atoms with E-state index in [1.807, 2.05) is 55.5 Å². The van der Waals surface area contributed by atoms with Crippen LogP contribution >= 0.6 is 11.3 Å². The van der Waals surface area contributed by atoms with Crippen LogP contribution < -0.4 is 15.0 Å². The largest absolute Gasteiger partial charge is 0.497 e. The molecule has 2 heterocycles. The van der Waals surface area contributed by atoms with Crippen molar-refractivity contribution in [1.29, 1.82) is 0 Å². The van der Waals surface area contributed by atoms with Crippen LogP contribution in [0.25, 0.3) is 0 Å². The van der Waals surface area contributed by atoms with Crippen LogP contribution in [0.3, 0.4) is 0 Å². The predicted molar refractivity (Wildman–Crippen MR) is 121 cm³/mol. The fourth-order valence-corrected chi connectivity index (χ4v) is 4.26. The predicted octanol–water partition coefficient (Wildman–Crippen LogP) is 3.63. The minimum absolute atomic E-state index is 0.0403. The van der Waals surface area contributed by atoms with Gasteiger partial charge >= 0.3 is 0 Å². The molecule has 0 spiro atoms. The second-order valence-corrected chi connectivity index (χ2v) is 8.64. The SMILES string of the molecule is COc1ccc(CCc2nnc(NC(=O)C3CC(=O)N(c4ccc(C)cc4)C3)s2)cc1. The minimum atomic E-state index is -0.402. The molecule has 2 amide bonds. The van der Waals surface area contributed by atoms with Gasteiger partial charge in [-0.1, -0.05) is 41.2 Å². The van der Waals surface area contributed by atoms with Gasteiger partial charge in [0.1, 0.15) is 10.8 Å². The number of hydrogen-bond donors (Lipinski definition) is 1. The molecule has 0 bridgehead atoms. The number of anilines is 2. The number of ether oxygens (including phenoxy) is 1. The lowest BCUT2D eigenvalue weighted by Crippen LogP contribution is -2.28. The third-order valence-corrected chi connectivity index (χ3v) is 6.22. The zero-order chi connectivity index (χ0) is 21.8. The Kier molecular flexibility index (Phi) is 6.27. The van der Waals surface area contributed by atoms with Gasteiger partial charge in [-0.2, -0.15) is 0 Å². The summed E-state index contributed by atoms with van der Waals surface area (Å²) in [5, 5.41) is 12.4. The van der Waals surface area contributed by atoms with Crippen molar-refractivity contribution in [3.05, 3.63) is 64.7 Å². The number of carbonyl (C=O) groups is 2. The normalized spacial score (nSPS) is 15.9. The van der Waals surface area contributed by atoms with Gasteiger partial charge in [0.25, 0.3) is 0 Å². The highest BCUT2D eigenvalue weighted by Gasteiger charge is 2.35. The Balaban J connectivity index is 1.31. The van der Waals surface area contributed by atoms with E-state index in [4.69, 9.17) is 4.74 Å². The number of carbonyl (C=O) groups excluding carboxylic acids is 2. The minimum Gasteiger partial charge on any atom is -0.497 e. The molecule has 0 saturated carbocycles. The first-order valence-corrected chi connectivity index (χ1v) is 11.0. The molecule has 7 nitrogen and oxygen atoms in total. The molecule has 2 aromatic carbocycles. The van der Waals surface area contributed by atoms with E-state index < -0.39 is 5.92 Å². The summed E-state index contributed by atoms with van der Waals surface area (Å²) in [6.45, 7) is 2.37. The van der Waals surface area contributed by atoms with Crippen LogP contribution in [0.5, 0.6) is 5.75 Å². The van der Waals surface area contributed by atoms with Gasteiger partial charge in [-0.05, 0) is 43.2 Å². The van der Waals surface area contributed by atoms with E-state index in [2.05, 4.69) is 15.5 Å². The fourth-order valence-electron chi connectivity index (χ4n) is 3.51. The molecule has 1 fully saturated rings.